The Morgan fingerprint density at radius 1 is 0.610 bits per heavy atom. The molecule has 1 aliphatic rings. The number of rotatable bonds is 21. The third-order valence-electron chi connectivity index (χ3n) is 6.88. The van der Waals surface area contributed by atoms with E-state index in [-0.39, 0.29) is 44.1 Å². The van der Waals surface area contributed by atoms with E-state index in [2.05, 4.69) is 71.9 Å². The molecule has 6 heteroatoms. The monoisotopic (exact) mass is 567 g/mol. The lowest BCUT2D eigenvalue weighted by Gasteiger charge is -2.13. The molecule has 6 nitrogen and oxygen atoms in total. The Morgan fingerprint density at radius 3 is 1.59 bits per heavy atom. The lowest BCUT2D eigenvalue weighted by Crippen LogP contribution is -2.33. The number of unbranched alkanes of at least 4 members (excludes halogenated alkanes) is 1. The highest BCUT2D eigenvalue weighted by molar-refractivity contribution is 6.12. The number of hydrogen-bond acceptors (Lipinski definition) is 5. The zero-order valence-electron chi connectivity index (χ0n) is 26.4. The molecular weight excluding hydrogens is 514 g/mol. The molecule has 0 unspecified atom stereocenters. The third-order valence-corrected chi connectivity index (χ3v) is 6.88. The van der Waals surface area contributed by atoms with Crippen molar-refractivity contribution in [2.45, 2.75) is 106 Å². The summed E-state index contributed by atoms with van der Waals surface area (Å²) in [5.74, 6) is -0.900. The van der Waals surface area contributed by atoms with Gasteiger partial charge in [-0.1, -0.05) is 58.2 Å². The first-order valence-electron chi connectivity index (χ1n) is 15.1. The van der Waals surface area contributed by atoms with Crippen LogP contribution in [0.4, 0.5) is 0 Å². The highest BCUT2D eigenvalue weighted by Crippen LogP contribution is 2.14. The molecule has 2 amide bonds. The van der Waals surface area contributed by atoms with Crippen LogP contribution in [0, 0.1) is 0 Å². The highest BCUT2D eigenvalue weighted by atomic mass is 16.6. The van der Waals surface area contributed by atoms with Crippen molar-refractivity contribution in [1.82, 2.24) is 4.90 Å². The maximum Gasteiger partial charge on any atom is 0.306 e. The van der Waals surface area contributed by atoms with Gasteiger partial charge in [0, 0.05) is 18.6 Å². The molecule has 1 heterocycles. The minimum atomic E-state index is -0.325. The minimum absolute atomic E-state index is 0.161. The van der Waals surface area contributed by atoms with Crippen LogP contribution in [0.5, 0.6) is 0 Å². The number of esters is 1. The van der Waals surface area contributed by atoms with Gasteiger partial charge < -0.3 is 9.47 Å². The summed E-state index contributed by atoms with van der Waals surface area (Å²) in [6.07, 6.45) is 23.9. The van der Waals surface area contributed by atoms with Gasteiger partial charge in [0.2, 0.25) is 0 Å². The summed E-state index contributed by atoms with van der Waals surface area (Å²) in [4.78, 5) is 36.0. The van der Waals surface area contributed by atoms with Gasteiger partial charge in [-0.25, -0.2) is 0 Å². The van der Waals surface area contributed by atoms with Crippen LogP contribution in [0.15, 0.2) is 70.4 Å². The molecule has 0 aromatic carbocycles. The molecule has 0 fully saturated rings. The summed E-state index contributed by atoms with van der Waals surface area (Å²) in [6, 6.07) is 0. The maximum atomic E-state index is 12.0. The second kappa shape index (κ2) is 21.7. The van der Waals surface area contributed by atoms with Gasteiger partial charge in [-0.15, -0.1) is 0 Å². The number of amides is 2. The Balaban J connectivity index is 2.11. The number of carbonyl (C=O) groups is 3. The van der Waals surface area contributed by atoms with E-state index in [0.29, 0.717) is 12.8 Å². The molecule has 0 radical (unpaired) electrons. The van der Waals surface area contributed by atoms with Gasteiger partial charge in [-0.3, -0.25) is 19.3 Å². The number of hydrogen-bond donors (Lipinski definition) is 0. The SMILES string of the molecule is CC(C)=CCC/C(C)=C/CC/C(C)=C/CC/C=C(\C)CC/C=C(\C)CCC(=O)OCCOCCN1C(=O)C=CC1=O. The Kier molecular flexibility index (Phi) is 19.1. The molecule has 0 bridgehead atoms. The Hall–Kier alpha value is -2.99. The van der Waals surface area contributed by atoms with Gasteiger partial charge in [0.1, 0.15) is 6.61 Å². The summed E-state index contributed by atoms with van der Waals surface area (Å²) in [5.41, 5.74) is 6.96. The predicted molar refractivity (Wildman–Crippen MR) is 168 cm³/mol. The first-order chi connectivity index (χ1) is 19.6. The van der Waals surface area contributed by atoms with E-state index < -0.39 is 0 Å². The number of ether oxygens (including phenoxy) is 2. The second-order valence-corrected chi connectivity index (χ2v) is 11.2. The van der Waals surface area contributed by atoms with E-state index in [9.17, 15) is 14.4 Å². The number of imide groups is 1. The van der Waals surface area contributed by atoms with Gasteiger partial charge in [0.25, 0.3) is 11.8 Å². The third kappa shape index (κ3) is 18.9. The van der Waals surface area contributed by atoms with Crippen molar-refractivity contribution >= 4 is 17.8 Å². The van der Waals surface area contributed by atoms with Crippen LogP contribution in [0.1, 0.15) is 106 Å². The average molecular weight is 568 g/mol. The van der Waals surface area contributed by atoms with E-state index in [1.54, 1.807) is 0 Å². The van der Waals surface area contributed by atoms with E-state index in [4.69, 9.17) is 9.47 Å². The minimum Gasteiger partial charge on any atom is -0.463 e. The zero-order valence-corrected chi connectivity index (χ0v) is 26.4. The molecule has 0 saturated carbocycles. The van der Waals surface area contributed by atoms with Crippen molar-refractivity contribution in [2.24, 2.45) is 0 Å². The molecule has 0 saturated heterocycles. The van der Waals surface area contributed by atoms with Crippen molar-refractivity contribution in [2.75, 3.05) is 26.4 Å². The fourth-order valence-corrected chi connectivity index (χ4v) is 4.24. The van der Waals surface area contributed by atoms with E-state index in [1.165, 1.54) is 40.0 Å². The van der Waals surface area contributed by atoms with Crippen LogP contribution in [0.25, 0.3) is 0 Å². The summed E-state index contributed by atoms with van der Waals surface area (Å²) < 4.78 is 10.6. The number of allylic oxidation sites excluding steroid dienone is 10. The maximum absolute atomic E-state index is 12.0. The molecule has 0 N–H and O–H groups in total. The van der Waals surface area contributed by atoms with Crippen LogP contribution in [-0.4, -0.2) is 49.0 Å². The predicted octanol–water partition coefficient (Wildman–Crippen LogP) is 8.12. The first kappa shape index (κ1) is 36.0. The molecule has 228 valence electrons. The summed E-state index contributed by atoms with van der Waals surface area (Å²) >= 11 is 0. The summed E-state index contributed by atoms with van der Waals surface area (Å²) in [5, 5.41) is 0. The van der Waals surface area contributed by atoms with Crippen molar-refractivity contribution in [1.29, 1.82) is 0 Å². The van der Waals surface area contributed by atoms with Crippen molar-refractivity contribution < 1.29 is 23.9 Å². The molecule has 1 aliphatic heterocycles. The van der Waals surface area contributed by atoms with Crippen LogP contribution < -0.4 is 0 Å². The molecular formula is C35H53NO5. The largest absolute Gasteiger partial charge is 0.463 e. The fourth-order valence-electron chi connectivity index (χ4n) is 4.24. The first-order valence-corrected chi connectivity index (χ1v) is 15.1. The van der Waals surface area contributed by atoms with Crippen LogP contribution >= 0.6 is 0 Å². The molecule has 0 atom stereocenters. The average Bonchev–Trinajstić information content (AvgIpc) is 3.23. The smallest absolute Gasteiger partial charge is 0.306 e. The van der Waals surface area contributed by atoms with Crippen LogP contribution in [0.2, 0.25) is 0 Å². The van der Waals surface area contributed by atoms with Gasteiger partial charge in [-0.2, -0.15) is 0 Å². The molecule has 1 rings (SSSR count). The Labute approximate surface area is 248 Å². The van der Waals surface area contributed by atoms with Crippen LogP contribution in [0.3, 0.4) is 0 Å². The highest BCUT2D eigenvalue weighted by Gasteiger charge is 2.22. The van der Waals surface area contributed by atoms with Crippen molar-refractivity contribution in [3.05, 3.63) is 70.4 Å². The lowest BCUT2D eigenvalue weighted by molar-refractivity contribution is -0.145. The topological polar surface area (TPSA) is 72.9 Å². The normalized spacial score (nSPS) is 14.7. The number of carbonyl (C=O) groups excluding carboxylic acids is 3. The van der Waals surface area contributed by atoms with Gasteiger partial charge in [0.15, 0.2) is 0 Å². The standard InChI is InChI=1S/C35H53NO5/c1-28(2)12-9-15-31(5)18-10-16-29(3)13-7-8-14-30(4)17-11-19-32(6)20-23-35(39)41-27-26-40-25-24-36-33(37)21-22-34(36)38/h12-14,18-19,21-22H,7-11,15-17,20,23-27H2,1-6H3/b29-13+,30-14+,31-18+,32-19+. The van der Waals surface area contributed by atoms with Gasteiger partial charge in [0.05, 0.1) is 19.8 Å². The number of nitrogens with zero attached hydrogens (tertiary/aromatic N) is 1. The quantitative estimate of drug-likeness (QED) is 0.0606. The van der Waals surface area contributed by atoms with Crippen molar-refractivity contribution in [3.8, 4) is 0 Å². The van der Waals surface area contributed by atoms with E-state index in [0.717, 1.165) is 56.3 Å². The Bertz CT molecular complexity index is 1000. The molecule has 0 aromatic heterocycles. The molecule has 0 aromatic rings. The molecule has 0 spiro atoms. The summed E-state index contributed by atoms with van der Waals surface area (Å²) in [7, 11) is 0. The molecule has 0 aliphatic carbocycles. The zero-order chi connectivity index (χ0) is 30.5. The van der Waals surface area contributed by atoms with E-state index in [1.807, 2.05) is 0 Å². The van der Waals surface area contributed by atoms with Gasteiger partial charge in [-0.05, 0) is 99.3 Å². The molecule has 41 heavy (non-hydrogen) atoms. The van der Waals surface area contributed by atoms with Crippen molar-refractivity contribution in [3.63, 3.8) is 0 Å². The lowest BCUT2D eigenvalue weighted by atomic mass is 10.0. The Morgan fingerprint density at radius 2 is 1.07 bits per heavy atom. The van der Waals surface area contributed by atoms with Crippen LogP contribution in [-0.2, 0) is 23.9 Å². The second-order valence-electron chi connectivity index (χ2n) is 11.2. The summed E-state index contributed by atoms with van der Waals surface area (Å²) in [6.45, 7) is 13.9. The van der Waals surface area contributed by atoms with Gasteiger partial charge >= 0.3 is 5.97 Å². The fraction of sp³-hybridized carbons (Fsp3) is 0.571. The van der Waals surface area contributed by atoms with E-state index >= 15 is 0 Å².